The number of aliphatic hydroxyl groups is 1. The molecule has 0 aliphatic heterocycles. The Morgan fingerprint density at radius 3 is 2.17 bits per heavy atom. The SMILES string of the molecule is CC(C)=CCC[C@@H](C)[C@H]1CC[C@@]2(C)C3=C(CC[C@]12C)[C@@]1(C)CCC(O)C(C)(C)[C@@H]1CC3.CC(C)CCC[C@@H](C)[C@H]1CC[C@H]2[C@@H]3CC=C4CC(=O)CC[C@]4(C)[C@H]3CC[C@]12C. The fourth-order valence-corrected chi connectivity index (χ4v) is 18.0. The zero-order valence-corrected chi connectivity index (χ0v) is 41.1. The second-order valence-electron chi connectivity index (χ2n) is 25.6. The van der Waals surface area contributed by atoms with Crippen molar-refractivity contribution in [3.8, 4) is 0 Å². The zero-order valence-electron chi connectivity index (χ0n) is 41.1. The molecule has 8 aliphatic carbocycles. The predicted octanol–water partition coefficient (Wildman–Crippen LogP) is 16.1. The number of carbonyl (C=O) groups excluding carboxylic acids is 1. The van der Waals surface area contributed by atoms with Crippen LogP contribution in [0.1, 0.15) is 225 Å². The topological polar surface area (TPSA) is 37.3 Å². The number of hydrogen-bond acceptors (Lipinski definition) is 2. The van der Waals surface area contributed by atoms with Crippen LogP contribution in [0, 0.1) is 85.8 Å². The molecule has 2 nitrogen and oxygen atoms in total. The van der Waals surface area contributed by atoms with Crippen LogP contribution in [0.4, 0.5) is 0 Å². The van der Waals surface area contributed by atoms with E-state index in [0.29, 0.717) is 38.8 Å². The normalized spacial score (nSPS) is 44.4. The van der Waals surface area contributed by atoms with E-state index in [-0.39, 0.29) is 11.5 Å². The van der Waals surface area contributed by atoms with Gasteiger partial charge >= 0.3 is 0 Å². The molecule has 0 saturated heterocycles. The minimum atomic E-state index is -0.130. The third kappa shape index (κ3) is 7.72. The van der Waals surface area contributed by atoms with Gasteiger partial charge in [-0.25, -0.2) is 0 Å². The van der Waals surface area contributed by atoms with Gasteiger partial charge in [0.1, 0.15) is 5.78 Å². The summed E-state index contributed by atoms with van der Waals surface area (Å²) >= 11 is 0. The minimum Gasteiger partial charge on any atom is -0.393 e. The number of aliphatic hydroxyl groups excluding tert-OH is 1. The molecule has 0 bridgehead atoms. The van der Waals surface area contributed by atoms with Gasteiger partial charge in [0.05, 0.1) is 6.10 Å². The first-order chi connectivity index (χ1) is 27.6. The van der Waals surface area contributed by atoms with Crippen molar-refractivity contribution in [2.75, 3.05) is 0 Å². The first kappa shape index (κ1) is 45.9. The van der Waals surface area contributed by atoms with Gasteiger partial charge in [0.15, 0.2) is 0 Å². The third-order valence-electron chi connectivity index (χ3n) is 21.8. The molecule has 0 aromatic carbocycles. The molecule has 0 aromatic heterocycles. The van der Waals surface area contributed by atoms with Gasteiger partial charge in [0.2, 0.25) is 0 Å². The average Bonchev–Trinajstić information content (AvgIpc) is 3.67. The molecule has 59 heavy (non-hydrogen) atoms. The van der Waals surface area contributed by atoms with Crippen LogP contribution < -0.4 is 0 Å². The van der Waals surface area contributed by atoms with E-state index >= 15 is 0 Å². The molecule has 5 saturated carbocycles. The molecule has 0 spiro atoms. The van der Waals surface area contributed by atoms with Crippen LogP contribution >= 0.6 is 0 Å². The zero-order chi connectivity index (χ0) is 42.9. The van der Waals surface area contributed by atoms with Crippen molar-refractivity contribution in [3.05, 3.63) is 34.4 Å². The maximum absolute atomic E-state index is 12.1. The van der Waals surface area contributed by atoms with Gasteiger partial charge in [-0.1, -0.05) is 130 Å². The summed E-state index contributed by atoms with van der Waals surface area (Å²) in [6.45, 7) is 32.1. The lowest BCUT2D eigenvalue weighted by Crippen LogP contribution is -2.55. The Balaban J connectivity index is 0.000000180. The molecule has 334 valence electrons. The molecule has 0 radical (unpaired) electrons. The van der Waals surface area contributed by atoms with Crippen molar-refractivity contribution in [2.24, 2.45) is 85.8 Å². The highest BCUT2D eigenvalue weighted by Gasteiger charge is 2.64. The van der Waals surface area contributed by atoms with Crippen LogP contribution in [0.15, 0.2) is 34.4 Å². The van der Waals surface area contributed by atoms with Crippen molar-refractivity contribution in [1.29, 1.82) is 0 Å². The minimum absolute atomic E-state index is 0.0465. The lowest BCUT2D eigenvalue weighted by Gasteiger charge is -2.62. The van der Waals surface area contributed by atoms with Crippen molar-refractivity contribution in [1.82, 2.24) is 0 Å². The van der Waals surface area contributed by atoms with Gasteiger partial charge in [-0.2, -0.15) is 0 Å². The van der Waals surface area contributed by atoms with Crippen molar-refractivity contribution >= 4 is 5.78 Å². The molecular weight excluding hydrogens is 717 g/mol. The number of allylic oxidation sites excluding steroid dienone is 6. The molecule has 8 rings (SSSR count). The smallest absolute Gasteiger partial charge is 0.136 e. The first-order valence-electron chi connectivity index (χ1n) is 25.9. The van der Waals surface area contributed by atoms with Gasteiger partial charge in [0, 0.05) is 12.8 Å². The summed E-state index contributed by atoms with van der Waals surface area (Å²) < 4.78 is 0. The number of hydrogen-bond donors (Lipinski definition) is 1. The summed E-state index contributed by atoms with van der Waals surface area (Å²) in [6, 6.07) is 0. The molecule has 0 heterocycles. The second-order valence-corrected chi connectivity index (χ2v) is 25.6. The predicted molar refractivity (Wildman–Crippen MR) is 251 cm³/mol. The molecule has 2 heteroatoms. The first-order valence-corrected chi connectivity index (χ1v) is 25.9. The highest BCUT2D eigenvalue weighted by Crippen LogP contribution is 2.73. The Morgan fingerprint density at radius 2 is 1.46 bits per heavy atom. The molecule has 14 atom stereocenters. The van der Waals surface area contributed by atoms with Crippen LogP contribution in [0.3, 0.4) is 0 Å². The Bertz CT molecular complexity index is 1640. The highest BCUT2D eigenvalue weighted by atomic mass is 16.3. The summed E-state index contributed by atoms with van der Waals surface area (Å²) in [4.78, 5) is 12.1. The van der Waals surface area contributed by atoms with Crippen molar-refractivity contribution in [2.45, 2.75) is 231 Å². The number of rotatable bonds is 9. The van der Waals surface area contributed by atoms with Crippen molar-refractivity contribution in [3.63, 3.8) is 0 Å². The molecule has 8 aliphatic rings. The third-order valence-corrected chi connectivity index (χ3v) is 21.8. The lowest BCUT2D eigenvalue weighted by molar-refractivity contribution is -0.122. The summed E-state index contributed by atoms with van der Waals surface area (Å²) in [7, 11) is 0. The van der Waals surface area contributed by atoms with Gasteiger partial charge in [-0.05, 0) is 202 Å². The molecule has 1 N–H and O–H groups in total. The number of fused-ring (bicyclic) bond motifs is 9. The average molecular weight is 811 g/mol. The molecule has 0 amide bonds. The Kier molecular flexibility index (Phi) is 13.0. The van der Waals surface area contributed by atoms with E-state index in [1.807, 2.05) is 11.1 Å². The fraction of sp³-hybridized carbons (Fsp3) is 0.877. The van der Waals surface area contributed by atoms with E-state index in [0.717, 1.165) is 73.0 Å². The summed E-state index contributed by atoms with van der Waals surface area (Å²) in [6.07, 6.45) is 31.7. The van der Waals surface area contributed by atoms with E-state index in [4.69, 9.17) is 0 Å². The van der Waals surface area contributed by atoms with Crippen LogP contribution in [-0.4, -0.2) is 17.0 Å². The number of ketones is 1. The van der Waals surface area contributed by atoms with Crippen LogP contribution in [0.5, 0.6) is 0 Å². The van der Waals surface area contributed by atoms with Crippen LogP contribution in [0.25, 0.3) is 0 Å². The van der Waals surface area contributed by atoms with Crippen molar-refractivity contribution < 1.29 is 9.90 Å². The van der Waals surface area contributed by atoms with Gasteiger partial charge < -0.3 is 5.11 Å². The van der Waals surface area contributed by atoms with Gasteiger partial charge in [-0.15, -0.1) is 0 Å². The summed E-state index contributed by atoms with van der Waals surface area (Å²) in [5.74, 6) is 8.14. The lowest BCUT2D eigenvalue weighted by atomic mass is 9.43. The van der Waals surface area contributed by atoms with Crippen LogP contribution in [-0.2, 0) is 4.79 Å². The highest BCUT2D eigenvalue weighted by molar-refractivity contribution is 5.82. The van der Waals surface area contributed by atoms with E-state index < -0.39 is 0 Å². The van der Waals surface area contributed by atoms with E-state index in [1.165, 1.54) is 120 Å². The molecule has 0 aromatic rings. The molecule has 5 fully saturated rings. The van der Waals surface area contributed by atoms with E-state index in [1.54, 1.807) is 0 Å². The van der Waals surface area contributed by atoms with Crippen LogP contribution in [0.2, 0.25) is 0 Å². The Labute approximate surface area is 365 Å². The van der Waals surface area contributed by atoms with E-state index in [9.17, 15) is 9.90 Å². The maximum Gasteiger partial charge on any atom is 0.136 e. The largest absolute Gasteiger partial charge is 0.393 e. The molecular formula is C57H94O2. The Morgan fingerprint density at radius 1 is 0.729 bits per heavy atom. The van der Waals surface area contributed by atoms with Gasteiger partial charge in [-0.3, -0.25) is 4.79 Å². The Hall–Kier alpha value is -1.15. The quantitative estimate of drug-likeness (QED) is 0.236. The fourth-order valence-electron chi connectivity index (χ4n) is 18.0. The standard InChI is InChI=1S/C30H50O.C27H44O/c1-20(2)10-9-11-21(3)22-14-18-30(8)24-12-13-25-27(4,5)26(31)16-17-28(25,6)23(24)15-19-29(22,30)7;1-18(2)7-6-8-19(3)23-11-12-24-22-10-9-20-17-21(28)13-15-26(20,4)25(22)14-16-27(23,24)5/h10,21-22,25-26,31H,9,11-19H2,1-8H3;9,18-19,22-25H,6-8,10-17H2,1-5H3/t21-,22-,25+,26?,28-,29-,30+;19-,22+,23-,24+,25+,26+,27-/m11/s1. The van der Waals surface area contributed by atoms with Gasteiger partial charge in [0.25, 0.3) is 0 Å². The second kappa shape index (κ2) is 16.8. The molecule has 1 unspecified atom stereocenters. The monoisotopic (exact) mass is 811 g/mol. The summed E-state index contributed by atoms with van der Waals surface area (Å²) in [5, 5.41) is 10.8. The number of carbonyl (C=O) groups is 1. The van der Waals surface area contributed by atoms with E-state index in [2.05, 4.69) is 102 Å². The maximum atomic E-state index is 12.1. The number of Topliss-reactive ketones (excluding diaryl/α,β-unsaturated/α-hetero) is 1. The summed E-state index contributed by atoms with van der Waals surface area (Å²) in [5.41, 5.74) is 8.83.